The first kappa shape index (κ1) is 16.4. The van der Waals surface area contributed by atoms with Crippen molar-refractivity contribution >= 4 is 22.5 Å². The molecule has 3 heteroatoms. The van der Waals surface area contributed by atoms with Crippen LogP contribution in [0.5, 0.6) is 0 Å². The van der Waals surface area contributed by atoms with E-state index in [9.17, 15) is 0 Å². The highest BCUT2D eigenvalue weighted by molar-refractivity contribution is 6.30. The lowest BCUT2D eigenvalue weighted by Gasteiger charge is -2.44. The van der Waals surface area contributed by atoms with Crippen LogP contribution in [0.1, 0.15) is 42.1 Å². The van der Waals surface area contributed by atoms with Gasteiger partial charge in [-0.3, -0.25) is 4.90 Å². The SMILES string of the molecule is CN1C2CCCC1c1c(n(CCc3ccc(Cl)cc3)c3ccccc13)C2. The Labute approximate surface area is 160 Å². The first-order valence-corrected chi connectivity index (χ1v) is 10.2. The quantitative estimate of drug-likeness (QED) is 0.585. The number of rotatable bonds is 3. The summed E-state index contributed by atoms with van der Waals surface area (Å²) < 4.78 is 2.61. The zero-order chi connectivity index (χ0) is 17.7. The molecule has 2 nitrogen and oxygen atoms in total. The second kappa shape index (κ2) is 6.44. The number of piperidine rings is 1. The van der Waals surface area contributed by atoms with Crippen LogP contribution in [-0.4, -0.2) is 22.6 Å². The van der Waals surface area contributed by atoms with E-state index in [0.29, 0.717) is 12.1 Å². The van der Waals surface area contributed by atoms with Crippen molar-refractivity contribution in [2.45, 2.75) is 50.7 Å². The van der Waals surface area contributed by atoms with Gasteiger partial charge in [-0.25, -0.2) is 0 Å². The maximum atomic E-state index is 6.04. The van der Waals surface area contributed by atoms with Crippen LogP contribution in [0.3, 0.4) is 0 Å². The Hall–Kier alpha value is -1.77. The normalized spacial score (nSPS) is 22.5. The molecule has 1 aromatic heterocycles. The monoisotopic (exact) mass is 364 g/mol. The summed E-state index contributed by atoms with van der Waals surface area (Å²) in [6.07, 6.45) is 6.24. The summed E-state index contributed by atoms with van der Waals surface area (Å²) in [5.41, 5.74) is 5.96. The van der Waals surface area contributed by atoms with Crippen molar-refractivity contribution in [1.29, 1.82) is 0 Å². The maximum absolute atomic E-state index is 6.04. The van der Waals surface area contributed by atoms with Crippen molar-refractivity contribution in [3.8, 4) is 0 Å². The Morgan fingerprint density at radius 3 is 2.69 bits per heavy atom. The summed E-state index contributed by atoms with van der Waals surface area (Å²) in [7, 11) is 2.33. The number of aryl methyl sites for hydroxylation is 2. The fourth-order valence-corrected chi connectivity index (χ4v) is 5.27. The van der Waals surface area contributed by atoms with Crippen molar-refractivity contribution in [3.05, 3.63) is 70.4 Å². The largest absolute Gasteiger partial charge is 0.344 e. The molecule has 0 radical (unpaired) electrons. The van der Waals surface area contributed by atoms with E-state index in [2.05, 4.69) is 52.9 Å². The van der Waals surface area contributed by atoms with E-state index in [1.54, 1.807) is 11.3 Å². The number of halogens is 1. The van der Waals surface area contributed by atoms with E-state index < -0.39 is 0 Å². The predicted octanol–water partition coefficient (Wildman–Crippen LogP) is 5.62. The van der Waals surface area contributed by atoms with Crippen LogP contribution in [-0.2, 0) is 19.4 Å². The number of fused-ring (bicyclic) bond motifs is 6. The summed E-state index contributed by atoms with van der Waals surface area (Å²) in [4.78, 5) is 2.64. The molecule has 2 aromatic carbocycles. The van der Waals surface area contributed by atoms with Crippen LogP contribution in [0.4, 0.5) is 0 Å². The molecule has 1 saturated heterocycles. The Bertz CT molecular complexity index is 941. The molecule has 0 N–H and O–H groups in total. The highest BCUT2D eigenvalue weighted by Gasteiger charge is 2.38. The van der Waals surface area contributed by atoms with Gasteiger partial charge in [-0.15, -0.1) is 0 Å². The molecule has 0 amide bonds. The van der Waals surface area contributed by atoms with Gasteiger partial charge in [-0.1, -0.05) is 41.9 Å². The molecule has 2 atom stereocenters. The molecule has 2 aliphatic rings. The Kier molecular flexibility index (Phi) is 4.06. The van der Waals surface area contributed by atoms with Gasteiger partial charge < -0.3 is 4.57 Å². The molecule has 2 aliphatic heterocycles. The van der Waals surface area contributed by atoms with E-state index in [1.165, 1.54) is 42.1 Å². The number of hydrogen-bond donors (Lipinski definition) is 0. The molecule has 134 valence electrons. The third-order valence-electron chi connectivity index (χ3n) is 6.50. The van der Waals surface area contributed by atoms with E-state index >= 15 is 0 Å². The van der Waals surface area contributed by atoms with Crippen LogP contribution >= 0.6 is 11.6 Å². The molecule has 1 fully saturated rings. The van der Waals surface area contributed by atoms with Gasteiger partial charge in [0.15, 0.2) is 0 Å². The predicted molar refractivity (Wildman–Crippen MR) is 109 cm³/mol. The highest BCUT2D eigenvalue weighted by Crippen LogP contribution is 2.45. The van der Waals surface area contributed by atoms with Crippen LogP contribution in [0.25, 0.3) is 10.9 Å². The molecule has 26 heavy (non-hydrogen) atoms. The van der Waals surface area contributed by atoms with E-state index in [-0.39, 0.29) is 0 Å². The lowest BCUT2D eigenvalue weighted by molar-refractivity contribution is 0.0988. The summed E-state index contributed by atoms with van der Waals surface area (Å²) >= 11 is 6.04. The molecule has 0 saturated carbocycles. The molecule has 2 unspecified atom stereocenters. The van der Waals surface area contributed by atoms with Crippen molar-refractivity contribution < 1.29 is 0 Å². The average Bonchev–Trinajstić information content (AvgIpc) is 2.94. The van der Waals surface area contributed by atoms with Crippen molar-refractivity contribution in [2.75, 3.05) is 7.05 Å². The van der Waals surface area contributed by atoms with Crippen molar-refractivity contribution in [3.63, 3.8) is 0 Å². The molecule has 0 aliphatic carbocycles. The molecular weight excluding hydrogens is 340 g/mol. The summed E-state index contributed by atoms with van der Waals surface area (Å²) in [5, 5.41) is 2.28. The maximum Gasteiger partial charge on any atom is 0.0486 e. The molecule has 0 spiro atoms. The number of para-hydroxylation sites is 1. The zero-order valence-corrected chi connectivity index (χ0v) is 16.0. The third-order valence-corrected chi connectivity index (χ3v) is 6.76. The Morgan fingerprint density at radius 2 is 1.85 bits per heavy atom. The lowest BCUT2D eigenvalue weighted by Crippen LogP contribution is -2.44. The van der Waals surface area contributed by atoms with Gasteiger partial charge in [0.05, 0.1) is 0 Å². The van der Waals surface area contributed by atoms with Gasteiger partial charge in [-0.05, 0) is 62.1 Å². The number of aromatic nitrogens is 1. The summed E-state index contributed by atoms with van der Waals surface area (Å²) in [6.45, 7) is 1.04. The topological polar surface area (TPSA) is 8.17 Å². The average molecular weight is 365 g/mol. The van der Waals surface area contributed by atoms with E-state index in [1.807, 2.05) is 12.1 Å². The number of benzene rings is 2. The van der Waals surface area contributed by atoms with Crippen LogP contribution in [0.15, 0.2) is 48.5 Å². The lowest BCUT2D eigenvalue weighted by atomic mass is 9.82. The second-order valence-corrected chi connectivity index (χ2v) is 8.31. The number of hydrogen-bond acceptors (Lipinski definition) is 1. The fraction of sp³-hybridized carbons (Fsp3) is 0.391. The Balaban J connectivity index is 1.57. The first-order valence-electron chi connectivity index (χ1n) is 9.79. The molecule has 3 aromatic rings. The summed E-state index contributed by atoms with van der Waals surface area (Å²) in [6, 6.07) is 18.6. The minimum absolute atomic E-state index is 0.596. The minimum Gasteiger partial charge on any atom is -0.344 e. The van der Waals surface area contributed by atoms with Gasteiger partial charge in [0.1, 0.15) is 0 Å². The summed E-state index contributed by atoms with van der Waals surface area (Å²) in [5.74, 6) is 0. The minimum atomic E-state index is 0.596. The van der Waals surface area contributed by atoms with E-state index in [4.69, 9.17) is 11.6 Å². The number of nitrogens with zero attached hydrogens (tertiary/aromatic N) is 2. The van der Waals surface area contributed by atoms with Gasteiger partial charge in [0.25, 0.3) is 0 Å². The van der Waals surface area contributed by atoms with Crippen molar-refractivity contribution in [2.24, 2.45) is 0 Å². The van der Waals surface area contributed by atoms with E-state index in [0.717, 1.165) is 18.0 Å². The first-order chi connectivity index (χ1) is 12.7. The smallest absolute Gasteiger partial charge is 0.0486 e. The van der Waals surface area contributed by atoms with Gasteiger partial charge in [-0.2, -0.15) is 0 Å². The molecular formula is C23H25ClN2. The van der Waals surface area contributed by atoms with Crippen LogP contribution in [0, 0.1) is 0 Å². The molecule has 3 heterocycles. The fourth-order valence-electron chi connectivity index (χ4n) is 5.15. The highest BCUT2D eigenvalue weighted by atomic mass is 35.5. The van der Waals surface area contributed by atoms with Crippen LogP contribution in [0.2, 0.25) is 5.02 Å². The second-order valence-electron chi connectivity index (χ2n) is 7.88. The number of likely N-dealkylation sites (N-methyl/N-ethyl adjacent to an activating group) is 1. The third kappa shape index (κ3) is 2.59. The van der Waals surface area contributed by atoms with Gasteiger partial charge >= 0.3 is 0 Å². The molecule has 2 bridgehead atoms. The van der Waals surface area contributed by atoms with Crippen LogP contribution < -0.4 is 0 Å². The molecule has 5 rings (SSSR count). The van der Waals surface area contributed by atoms with Crippen molar-refractivity contribution in [1.82, 2.24) is 9.47 Å². The van der Waals surface area contributed by atoms with Gasteiger partial charge in [0, 0.05) is 46.7 Å². The Morgan fingerprint density at radius 1 is 1.04 bits per heavy atom. The standard InChI is InChI=1S/C23H25ClN2/c1-25-18-5-4-8-21(25)23-19-6-2-3-7-20(19)26(22(23)15-18)14-13-16-9-11-17(24)12-10-16/h2-3,6-7,9-12,18,21H,4-5,8,13-15H2,1H3. The van der Waals surface area contributed by atoms with Gasteiger partial charge in [0.2, 0.25) is 0 Å². The zero-order valence-electron chi connectivity index (χ0n) is 15.3.